The van der Waals surface area contributed by atoms with Crippen LogP contribution in [-0.2, 0) is 0 Å². The van der Waals surface area contributed by atoms with Crippen molar-refractivity contribution in [2.45, 2.75) is 0 Å². The molecule has 0 aliphatic carbocycles. The minimum absolute atomic E-state index is 0.916. The Hall–Kier alpha value is -7.48. The monoisotopic (exact) mass is 722 g/mol. The number of benzene rings is 11. The highest BCUT2D eigenvalue weighted by atomic mass is 16.3. The maximum Gasteiger partial charge on any atom is 0.136 e. The summed E-state index contributed by atoms with van der Waals surface area (Å²) in [5.41, 5.74) is 11.7. The second kappa shape index (κ2) is 12.5. The number of fused-ring (bicyclic) bond motifs is 8. The van der Waals surface area contributed by atoms with Crippen LogP contribution in [0.5, 0.6) is 0 Å². The molecule has 1 nitrogen and oxygen atoms in total. The van der Waals surface area contributed by atoms with E-state index in [9.17, 15) is 0 Å². The summed E-state index contributed by atoms with van der Waals surface area (Å²) in [6.07, 6.45) is 0. The molecule has 0 unspecified atom stereocenters. The van der Waals surface area contributed by atoms with E-state index in [1.54, 1.807) is 0 Å². The van der Waals surface area contributed by atoms with Crippen molar-refractivity contribution in [2.75, 3.05) is 0 Å². The van der Waals surface area contributed by atoms with E-state index in [1.807, 2.05) is 0 Å². The van der Waals surface area contributed by atoms with E-state index < -0.39 is 0 Å². The van der Waals surface area contributed by atoms with Gasteiger partial charge in [-0.2, -0.15) is 0 Å². The number of rotatable bonds is 4. The lowest BCUT2D eigenvalue weighted by atomic mass is 9.85. The quantitative estimate of drug-likeness (QED) is 0.165. The summed E-state index contributed by atoms with van der Waals surface area (Å²) >= 11 is 0. The molecule has 11 aromatic carbocycles. The first-order chi connectivity index (χ1) is 28.2. The van der Waals surface area contributed by atoms with Crippen LogP contribution in [0, 0.1) is 0 Å². The first kappa shape index (κ1) is 31.8. The predicted molar refractivity (Wildman–Crippen MR) is 243 cm³/mol. The summed E-state index contributed by atoms with van der Waals surface area (Å²) in [6.45, 7) is 0. The number of hydrogen-bond acceptors (Lipinski definition) is 1. The second-order valence-electron chi connectivity index (χ2n) is 15.3. The Kier molecular flexibility index (Phi) is 7.00. The van der Waals surface area contributed by atoms with Gasteiger partial charge >= 0.3 is 0 Å². The lowest BCUT2D eigenvalue weighted by Crippen LogP contribution is -1.91. The molecule has 0 saturated carbocycles. The minimum Gasteiger partial charge on any atom is -0.456 e. The van der Waals surface area contributed by atoms with Crippen molar-refractivity contribution >= 4 is 75.8 Å². The highest BCUT2D eigenvalue weighted by Crippen LogP contribution is 2.45. The molecule has 0 bridgehead atoms. The van der Waals surface area contributed by atoms with E-state index in [-0.39, 0.29) is 0 Å². The largest absolute Gasteiger partial charge is 0.456 e. The van der Waals surface area contributed by atoms with Gasteiger partial charge in [-0.25, -0.2) is 0 Å². The number of furan rings is 1. The van der Waals surface area contributed by atoms with Crippen molar-refractivity contribution in [1.82, 2.24) is 0 Å². The van der Waals surface area contributed by atoms with Gasteiger partial charge in [-0.05, 0) is 141 Å². The third-order valence-electron chi connectivity index (χ3n) is 12.0. The Balaban J connectivity index is 0.908. The average molecular weight is 723 g/mol. The van der Waals surface area contributed by atoms with Crippen LogP contribution in [0.4, 0.5) is 0 Å². The van der Waals surface area contributed by atoms with Crippen LogP contribution in [-0.4, -0.2) is 0 Å². The predicted octanol–water partition coefficient (Wildman–Crippen LogP) is 16.0. The molecule has 12 rings (SSSR count). The highest BCUT2D eigenvalue weighted by molar-refractivity contribution is 6.22. The van der Waals surface area contributed by atoms with E-state index in [4.69, 9.17) is 4.42 Å². The molecule has 0 spiro atoms. The lowest BCUT2D eigenvalue weighted by Gasteiger charge is -2.18. The summed E-state index contributed by atoms with van der Waals surface area (Å²) in [5.74, 6) is 0. The van der Waals surface area contributed by atoms with E-state index >= 15 is 0 Å². The van der Waals surface area contributed by atoms with Crippen LogP contribution in [0.3, 0.4) is 0 Å². The molecule has 1 aromatic heterocycles. The van der Waals surface area contributed by atoms with Crippen molar-refractivity contribution in [1.29, 1.82) is 0 Å². The smallest absolute Gasteiger partial charge is 0.136 e. The standard InChI is InChI=1S/C56H34O/c1-2-10-38-30-45(25-21-35(38)9-1)55-47-13-5-7-15-49(47)56(50-16-8-6-14-48(50)55)46-26-24-42-29-41(22-23-43(42)31-46)36-17-19-37(20-18-36)44-27-28-53-51(33-44)52-32-39-11-3-4-12-40(39)34-54(52)57-53/h1-34H. The molecule has 1 heteroatoms. The van der Waals surface area contributed by atoms with Crippen molar-refractivity contribution < 1.29 is 4.42 Å². The molecule has 0 atom stereocenters. The topological polar surface area (TPSA) is 13.1 Å². The molecule has 0 fully saturated rings. The van der Waals surface area contributed by atoms with Gasteiger partial charge in [0.1, 0.15) is 11.2 Å². The zero-order valence-electron chi connectivity index (χ0n) is 31.0. The Morgan fingerprint density at radius 2 is 0.579 bits per heavy atom. The van der Waals surface area contributed by atoms with E-state index in [0.717, 1.165) is 21.9 Å². The molecule has 264 valence electrons. The van der Waals surface area contributed by atoms with Gasteiger partial charge in [0.25, 0.3) is 0 Å². The molecule has 12 aromatic rings. The van der Waals surface area contributed by atoms with Gasteiger partial charge in [0.15, 0.2) is 0 Å². The maximum absolute atomic E-state index is 6.27. The fourth-order valence-corrected chi connectivity index (χ4v) is 9.17. The second-order valence-corrected chi connectivity index (χ2v) is 15.3. The molecule has 0 N–H and O–H groups in total. The van der Waals surface area contributed by atoms with E-state index in [0.29, 0.717) is 0 Å². The van der Waals surface area contributed by atoms with Gasteiger partial charge in [0.2, 0.25) is 0 Å². The summed E-state index contributed by atoms with van der Waals surface area (Å²) in [7, 11) is 0. The molecular formula is C56H34O. The van der Waals surface area contributed by atoms with Gasteiger partial charge in [-0.3, -0.25) is 0 Å². The normalized spacial score (nSPS) is 11.9. The summed E-state index contributed by atoms with van der Waals surface area (Å²) < 4.78 is 6.27. The molecule has 0 saturated heterocycles. The van der Waals surface area contributed by atoms with Crippen LogP contribution >= 0.6 is 0 Å². The van der Waals surface area contributed by atoms with Gasteiger partial charge in [0.05, 0.1) is 0 Å². The van der Waals surface area contributed by atoms with E-state index in [2.05, 4.69) is 206 Å². The lowest BCUT2D eigenvalue weighted by molar-refractivity contribution is 0.669. The van der Waals surface area contributed by atoms with Crippen molar-refractivity contribution in [3.63, 3.8) is 0 Å². The van der Waals surface area contributed by atoms with Crippen LogP contribution in [0.25, 0.3) is 120 Å². The van der Waals surface area contributed by atoms with Crippen LogP contribution in [0.2, 0.25) is 0 Å². The van der Waals surface area contributed by atoms with Gasteiger partial charge in [-0.1, -0.05) is 164 Å². The van der Waals surface area contributed by atoms with Crippen LogP contribution < -0.4 is 0 Å². The van der Waals surface area contributed by atoms with Crippen LogP contribution in [0.15, 0.2) is 211 Å². The summed E-state index contributed by atoms with van der Waals surface area (Å²) in [6, 6.07) is 75.5. The SMILES string of the molecule is c1ccc2cc(-c3c4ccccc4c(-c4ccc5cc(-c6ccc(-c7ccc8oc9cc%10ccccc%10cc9c8c7)cc6)ccc5c4)c4ccccc34)ccc2c1. The van der Waals surface area contributed by atoms with Gasteiger partial charge < -0.3 is 4.42 Å². The summed E-state index contributed by atoms with van der Waals surface area (Å²) in [5, 5.41) is 14.8. The van der Waals surface area contributed by atoms with Gasteiger partial charge in [-0.15, -0.1) is 0 Å². The molecule has 57 heavy (non-hydrogen) atoms. The van der Waals surface area contributed by atoms with Crippen molar-refractivity contribution in [2.24, 2.45) is 0 Å². The molecule has 0 aliphatic rings. The fraction of sp³-hybridized carbons (Fsp3) is 0. The first-order valence-electron chi connectivity index (χ1n) is 19.6. The zero-order valence-corrected chi connectivity index (χ0v) is 31.0. The highest BCUT2D eigenvalue weighted by Gasteiger charge is 2.17. The van der Waals surface area contributed by atoms with Crippen molar-refractivity contribution in [3.05, 3.63) is 206 Å². The molecule has 0 amide bonds. The Morgan fingerprint density at radius 3 is 1.16 bits per heavy atom. The molecule has 1 heterocycles. The Bertz CT molecular complexity index is 3510. The molecule has 0 radical (unpaired) electrons. The first-order valence-corrected chi connectivity index (χ1v) is 19.6. The zero-order chi connectivity index (χ0) is 37.5. The Morgan fingerprint density at radius 1 is 0.211 bits per heavy atom. The van der Waals surface area contributed by atoms with Gasteiger partial charge in [0, 0.05) is 10.8 Å². The third kappa shape index (κ3) is 5.17. The number of hydrogen-bond donors (Lipinski definition) is 0. The Labute approximate surface area is 329 Å². The average Bonchev–Trinajstić information content (AvgIpc) is 3.63. The van der Waals surface area contributed by atoms with E-state index in [1.165, 1.54) is 98.4 Å². The molecule has 0 aliphatic heterocycles. The molecular weight excluding hydrogens is 689 g/mol. The third-order valence-corrected chi connectivity index (χ3v) is 12.0. The fourth-order valence-electron chi connectivity index (χ4n) is 9.17. The van der Waals surface area contributed by atoms with Crippen molar-refractivity contribution in [3.8, 4) is 44.5 Å². The maximum atomic E-state index is 6.27. The van der Waals surface area contributed by atoms with Crippen LogP contribution in [0.1, 0.15) is 0 Å². The summed E-state index contributed by atoms with van der Waals surface area (Å²) in [4.78, 5) is 0. The minimum atomic E-state index is 0.916.